The van der Waals surface area contributed by atoms with Gasteiger partial charge < -0.3 is 5.73 Å². The maximum Gasteiger partial charge on any atom is 0.0982 e. The molecule has 0 spiro atoms. The topological polar surface area (TPSA) is 42.2 Å². The van der Waals surface area contributed by atoms with E-state index in [0.717, 1.165) is 18.4 Å². The number of fused-ring (bicyclic) bond motifs is 1. The molecule has 2 N–H and O–H groups in total. The molecule has 3 nitrogen and oxygen atoms in total. The maximum atomic E-state index is 6.30. The van der Waals surface area contributed by atoms with E-state index in [-0.39, 0.29) is 17.8 Å². The van der Waals surface area contributed by atoms with Gasteiger partial charge in [0.15, 0.2) is 0 Å². The van der Waals surface area contributed by atoms with E-state index in [9.17, 15) is 0 Å². The quantitative estimate of drug-likeness (QED) is 0.904. The molecule has 0 aromatic carbocycles. The van der Waals surface area contributed by atoms with E-state index in [0.29, 0.717) is 6.04 Å². The van der Waals surface area contributed by atoms with E-state index in [2.05, 4.69) is 31.1 Å². The first-order chi connectivity index (χ1) is 9.43. The van der Waals surface area contributed by atoms with E-state index in [1.807, 2.05) is 0 Å². The summed E-state index contributed by atoms with van der Waals surface area (Å²) in [5.74, 6) is 1.56. The molecular formula is C16H28ClN3S. The smallest absolute Gasteiger partial charge is 0.0982 e. The Balaban J connectivity index is 0.00000161. The molecule has 2 fully saturated rings. The monoisotopic (exact) mass is 329 g/mol. The van der Waals surface area contributed by atoms with E-state index in [4.69, 9.17) is 10.7 Å². The molecule has 1 saturated carbocycles. The minimum atomic E-state index is 0. The number of hydrogen-bond acceptors (Lipinski definition) is 4. The molecule has 3 rings (SSSR count). The molecule has 1 aliphatic carbocycles. The summed E-state index contributed by atoms with van der Waals surface area (Å²) in [7, 11) is 0. The minimum absolute atomic E-state index is 0. The van der Waals surface area contributed by atoms with Crippen molar-refractivity contribution in [3.63, 3.8) is 0 Å². The van der Waals surface area contributed by atoms with Gasteiger partial charge in [0.2, 0.25) is 0 Å². The molecular weight excluding hydrogens is 302 g/mol. The molecule has 5 heteroatoms. The fourth-order valence-corrected chi connectivity index (χ4v) is 4.59. The lowest BCUT2D eigenvalue weighted by molar-refractivity contribution is 0.259. The van der Waals surface area contributed by atoms with Gasteiger partial charge >= 0.3 is 0 Å². The average molecular weight is 330 g/mol. The number of nitrogens with two attached hydrogens (primary N) is 1. The summed E-state index contributed by atoms with van der Waals surface area (Å²) in [6, 6.07) is 0.430. The highest BCUT2D eigenvalue weighted by molar-refractivity contribution is 7.09. The van der Waals surface area contributed by atoms with Crippen molar-refractivity contribution in [3.8, 4) is 0 Å². The van der Waals surface area contributed by atoms with Crippen LogP contribution in [-0.2, 0) is 12.0 Å². The molecule has 0 bridgehead atoms. The molecule has 1 aromatic rings. The van der Waals surface area contributed by atoms with Crippen LogP contribution < -0.4 is 5.73 Å². The third kappa shape index (κ3) is 3.79. The Kier molecular flexibility index (Phi) is 5.35. The van der Waals surface area contributed by atoms with Crippen LogP contribution in [0.5, 0.6) is 0 Å². The van der Waals surface area contributed by atoms with Crippen LogP contribution in [-0.4, -0.2) is 29.0 Å². The molecule has 0 radical (unpaired) electrons. The molecule has 2 heterocycles. The van der Waals surface area contributed by atoms with Crippen LogP contribution in [0.15, 0.2) is 5.38 Å². The van der Waals surface area contributed by atoms with Crippen molar-refractivity contribution < 1.29 is 0 Å². The second kappa shape index (κ2) is 6.53. The van der Waals surface area contributed by atoms with Crippen molar-refractivity contribution in [1.82, 2.24) is 9.88 Å². The Morgan fingerprint density at radius 1 is 1.33 bits per heavy atom. The van der Waals surface area contributed by atoms with Crippen LogP contribution in [0, 0.1) is 11.8 Å². The molecule has 0 amide bonds. The number of hydrogen-bond donors (Lipinski definition) is 1. The van der Waals surface area contributed by atoms with Crippen LogP contribution in [0.4, 0.5) is 0 Å². The predicted molar refractivity (Wildman–Crippen MR) is 92.1 cm³/mol. The van der Waals surface area contributed by atoms with Crippen molar-refractivity contribution in [2.24, 2.45) is 17.6 Å². The summed E-state index contributed by atoms with van der Waals surface area (Å²) in [5, 5.41) is 3.49. The van der Waals surface area contributed by atoms with Crippen molar-refractivity contribution >= 4 is 23.7 Å². The van der Waals surface area contributed by atoms with E-state index in [1.54, 1.807) is 11.3 Å². The first-order valence-corrected chi connectivity index (χ1v) is 8.74. The normalized spacial score (nSPS) is 30.0. The summed E-state index contributed by atoms with van der Waals surface area (Å²) in [5.41, 5.74) is 7.71. The molecule has 1 aromatic heterocycles. The van der Waals surface area contributed by atoms with Gasteiger partial charge in [0.1, 0.15) is 0 Å². The third-order valence-electron chi connectivity index (χ3n) is 4.81. The Hall–Kier alpha value is -0.160. The first kappa shape index (κ1) is 17.2. The second-order valence-electron chi connectivity index (χ2n) is 7.61. The molecule has 2 aliphatic rings. The van der Waals surface area contributed by atoms with Crippen LogP contribution in [0.2, 0.25) is 0 Å². The zero-order chi connectivity index (χ0) is 14.3. The lowest BCUT2D eigenvalue weighted by Gasteiger charge is -2.29. The van der Waals surface area contributed by atoms with Gasteiger partial charge in [-0.2, -0.15) is 0 Å². The van der Waals surface area contributed by atoms with Gasteiger partial charge in [0, 0.05) is 36.5 Å². The number of thiazole rings is 1. The molecule has 1 aliphatic heterocycles. The van der Waals surface area contributed by atoms with Crippen molar-refractivity contribution in [3.05, 3.63) is 16.1 Å². The lowest BCUT2D eigenvalue weighted by Crippen LogP contribution is -2.38. The Labute approximate surface area is 138 Å². The average Bonchev–Trinajstić information content (AvgIpc) is 2.96. The lowest BCUT2D eigenvalue weighted by atomic mass is 9.78. The van der Waals surface area contributed by atoms with Gasteiger partial charge in [-0.1, -0.05) is 27.2 Å². The predicted octanol–water partition coefficient (Wildman–Crippen LogP) is 3.42. The fraction of sp³-hybridized carbons (Fsp3) is 0.812. The Morgan fingerprint density at radius 2 is 2.10 bits per heavy atom. The Bertz CT molecular complexity index is 468. The molecule has 21 heavy (non-hydrogen) atoms. The fourth-order valence-electron chi connectivity index (χ4n) is 3.69. The first-order valence-electron chi connectivity index (χ1n) is 7.86. The summed E-state index contributed by atoms with van der Waals surface area (Å²) in [4.78, 5) is 7.40. The van der Waals surface area contributed by atoms with Crippen molar-refractivity contribution in [2.75, 3.05) is 13.1 Å². The van der Waals surface area contributed by atoms with Gasteiger partial charge in [-0.15, -0.1) is 23.7 Å². The highest BCUT2D eigenvalue weighted by Gasteiger charge is 2.38. The van der Waals surface area contributed by atoms with Gasteiger partial charge in [-0.25, -0.2) is 4.98 Å². The number of likely N-dealkylation sites (tertiary alicyclic amines) is 1. The molecule has 3 atom stereocenters. The summed E-state index contributed by atoms with van der Waals surface area (Å²) >= 11 is 1.80. The largest absolute Gasteiger partial charge is 0.327 e. The van der Waals surface area contributed by atoms with E-state index >= 15 is 0 Å². The summed E-state index contributed by atoms with van der Waals surface area (Å²) < 4.78 is 0. The van der Waals surface area contributed by atoms with Crippen molar-refractivity contribution in [1.29, 1.82) is 0 Å². The summed E-state index contributed by atoms with van der Waals surface area (Å²) in [6.45, 7) is 10.1. The van der Waals surface area contributed by atoms with Crippen molar-refractivity contribution in [2.45, 2.75) is 58.0 Å². The molecule has 120 valence electrons. The van der Waals surface area contributed by atoms with Gasteiger partial charge in [-0.3, -0.25) is 4.90 Å². The van der Waals surface area contributed by atoms with Gasteiger partial charge in [0.05, 0.1) is 10.7 Å². The number of nitrogens with zero attached hydrogens (tertiary/aromatic N) is 2. The van der Waals surface area contributed by atoms with Crippen LogP contribution in [0.1, 0.15) is 50.7 Å². The van der Waals surface area contributed by atoms with Crippen LogP contribution in [0.3, 0.4) is 0 Å². The third-order valence-corrected chi connectivity index (χ3v) is 6.13. The Morgan fingerprint density at radius 3 is 2.71 bits per heavy atom. The van der Waals surface area contributed by atoms with Gasteiger partial charge in [0.25, 0.3) is 0 Å². The minimum Gasteiger partial charge on any atom is -0.327 e. The summed E-state index contributed by atoms with van der Waals surface area (Å²) in [6.07, 6.45) is 3.92. The number of halogens is 1. The standard InChI is InChI=1S/C16H27N3S.ClH/c1-16(2,3)15-18-12(10-20-15)8-19-7-11-5-4-6-14(17)13(11)9-19;/h10-11,13-14H,4-9,17H2,1-3H3;1H. The second-order valence-corrected chi connectivity index (χ2v) is 8.46. The highest BCUT2D eigenvalue weighted by Crippen LogP contribution is 2.36. The molecule has 3 unspecified atom stereocenters. The van der Waals surface area contributed by atoms with E-state index in [1.165, 1.54) is 43.1 Å². The zero-order valence-corrected chi connectivity index (χ0v) is 15.0. The van der Waals surface area contributed by atoms with Crippen LogP contribution in [0.25, 0.3) is 0 Å². The van der Waals surface area contributed by atoms with E-state index < -0.39 is 0 Å². The number of rotatable bonds is 2. The maximum absolute atomic E-state index is 6.30. The number of aromatic nitrogens is 1. The van der Waals surface area contributed by atoms with Crippen LogP contribution >= 0.6 is 23.7 Å². The van der Waals surface area contributed by atoms with Gasteiger partial charge in [-0.05, 0) is 24.7 Å². The molecule has 1 saturated heterocycles. The zero-order valence-electron chi connectivity index (χ0n) is 13.3. The highest BCUT2D eigenvalue weighted by atomic mass is 35.5. The SMILES string of the molecule is CC(C)(C)c1nc(CN2CC3CCCC(N)C3C2)cs1.Cl.